The largest absolute Gasteiger partial charge is 0.382 e. The van der Waals surface area contributed by atoms with Crippen molar-refractivity contribution < 1.29 is 0 Å². The number of nitrogens with two attached hydrogens (primary N) is 1. The number of rotatable bonds is 2. The molecule has 16 heavy (non-hydrogen) atoms. The van der Waals surface area contributed by atoms with Crippen molar-refractivity contribution in [2.45, 2.75) is 18.9 Å². The molecule has 1 aliphatic heterocycles. The molecule has 0 atom stereocenters. The fourth-order valence-electron chi connectivity index (χ4n) is 2.13. The molecule has 1 aromatic rings. The summed E-state index contributed by atoms with van der Waals surface area (Å²) in [4.78, 5) is 12.9. The molecular formula is C11H19N5. The van der Waals surface area contributed by atoms with E-state index < -0.39 is 0 Å². The Kier molecular flexibility index (Phi) is 3.24. The molecule has 5 heteroatoms. The summed E-state index contributed by atoms with van der Waals surface area (Å²) in [7, 11) is 4.28. The zero-order chi connectivity index (χ0) is 11.5. The SMILES string of the molecule is CN(C)C1CCN(c2cncc(N)n2)CC1. The van der Waals surface area contributed by atoms with Gasteiger partial charge in [0.15, 0.2) is 0 Å². The van der Waals surface area contributed by atoms with Gasteiger partial charge in [0.05, 0.1) is 12.4 Å². The molecule has 0 aromatic carbocycles. The summed E-state index contributed by atoms with van der Waals surface area (Å²) in [5, 5.41) is 0. The molecule has 0 saturated carbocycles. The van der Waals surface area contributed by atoms with E-state index >= 15 is 0 Å². The lowest BCUT2D eigenvalue weighted by Crippen LogP contribution is -2.42. The van der Waals surface area contributed by atoms with Crippen molar-refractivity contribution in [1.82, 2.24) is 14.9 Å². The highest BCUT2D eigenvalue weighted by Crippen LogP contribution is 2.19. The number of hydrogen-bond donors (Lipinski definition) is 1. The highest BCUT2D eigenvalue weighted by Gasteiger charge is 2.21. The third-order valence-corrected chi connectivity index (χ3v) is 3.16. The Morgan fingerprint density at radius 1 is 1.31 bits per heavy atom. The molecule has 1 aromatic heterocycles. The molecule has 0 radical (unpaired) electrons. The second-order valence-electron chi connectivity index (χ2n) is 4.48. The number of piperidine rings is 1. The fourth-order valence-corrected chi connectivity index (χ4v) is 2.13. The Bertz CT molecular complexity index is 344. The second kappa shape index (κ2) is 4.65. The highest BCUT2D eigenvalue weighted by atomic mass is 15.2. The highest BCUT2D eigenvalue weighted by molar-refractivity contribution is 5.41. The van der Waals surface area contributed by atoms with Gasteiger partial charge in [-0.05, 0) is 26.9 Å². The van der Waals surface area contributed by atoms with Crippen LogP contribution in [0.15, 0.2) is 12.4 Å². The molecule has 1 aliphatic rings. The van der Waals surface area contributed by atoms with E-state index in [1.54, 1.807) is 12.4 Å². The van der Waals surface area contributed by atoms with Gasteiger partial charge >= 0.3 is 0 Å². The Labute approximate surface area is 96.3 Å². The van der Waals surface area contributed by atoms with Crippen molar-refractivity contribution >= 4 is 11.6 Å². The smallest absolute Gasteiger partial charge is 0.149 e. The molecule has 0 unspecified atom stereocenters. The van der Waals surface area contributed by atoms with Gasteiger partial charge in [0.25, 0.3) is 0 Å². The summed E-state index contributed by atoms with van der Waals surface area (Å²) in [5.74, 6) is 1.39. The summed E-state index contributed by atoms with van der Waals surface area (Å²) >= 11 is 0. The van der Waals surface area contributed by atoms with Crippen LogP contribution in [0.2, 0.25) is 0 Å². The molecule has 0 aliphatic carbocycles. The van der Waals surface area contributed by atoms with Crippen LogP contribution < -0.4 is 10.6 Å². The van der Waals surface area contributed by atoms with E-state index in [1.165, 1.54) is 12.8 Å². The second-order valence-corrected chi connectivity index (χ2v) is 4.48. The Hall–Kier alpha value is -1.36. The quantitative estimate of drug-likeness (QED) is 0.792. The van der Waals surface area contributed by atoms with E-state index in [9.17, 15) is 0 Å². The van der Waals surface area contributed by atoms with Crippen molar-refractivity contribution in [1.29, 1.82) is 0 Å². The topological polar surface area (TPSA) is 58.3 Å². The van der Waals surface area contributed by atoms with Gasteiger partial charge in [-0.3, -0.25) is 4.98 Å². The first-order chi connectivity index (χ1) is 7.66. The van der Waals surface area contributed by atoms with Crippen LogP contribution in [-0.4, -0.2) is 48.1 Å². The van der Waals surface area contributed by atoms with Gasteiger partial charge in [-0.2, -0.15) is 0 Å². The van der Waals surface area contributed by atoms with Crippen LogP contribution in [0.25, 0.3) is 0 Å². The summed E-state index contributed by atoms with van der Waals surface area (Å²) in [5.41, 5.74) is 5.63. The van der Waals surface area contributed by atoms with Crippen LogP contribution in [0.3, 0.4) is 0 Å². The van der Waals surface area contributed by atoms with Crippen LogP contribution in [0.4, 0.5) is 11.6 Å². The van der Waals surface area contributed by atoms with Crippen LogP contribution in [0.5, 0.6) is 0 Å². The maximum Gasteiger partial charge on any atom is 0.149 e. The number of anilines is 2. The lowest BCUT2D eigenvalue weighted by atomic mass is 10.0. The van der Waals surface area contributed by atoms with Crippen molar-refractivity contribution in [3.63, 3.8) is 0 Å². The number of nitrogens with zero attached hydrogens (tertiary/aromatic N) is 4. The average molecular weight is 221 g/mol. The van der Waals surface area contributed by atoms with Gasteiger partial charge in [-0.1, -0.05) is 0 Å². The first-order valence-corrected chi connectivity index (χ1v) is 5.65. The predicted octanol–water partition coefficient (Wildman–Crippen LogP) is 0.589. The molecular weight excluding hydrogens is 202 g/mol. The van der Waals surface area contributed by atoms with E-state index in [0.717, 1.165) is 18.9 Å². The van der Waals surface area contributed by atoms with Crippen LogP contribution >= 0.6 is 0 Å². The third kappa shape index (κ3) is 2.41. The zero-order valence-corrected chi connectivity index (χ0v) is 9.93. The first kappa shape index (κ1) is 11.1. The zero-order valence-electron chi connectivity index (χ0n) is 9.93. The summed E-state index contributed by atoms with van der Waals surface area (Å²) in [6, 6.07) is 0.685. The predicted molar refractivity (Wildman–Crippen MR) is 65.4 cm³/mol. The van der Waals surface area contributed by atoms with Crippen LogP contribution in [0, 0.1) is 0 Å². The van der Waals surface area contributed by atoms with Gasteiger partial charge in [0.1, 0.15) is 11.6 Å². The molecule has 88 valence electrons. The molecule has 0 spiro atoms. The first-order valence-electron chi connectivity index (χ1n) is 5.65. The van der Waals surface area contributed by atoms with Crippen molar-refractivity contribution in [3.05, 3.63) is 12.4 Å². The Morgan fingerprint density at radius 2 is 2.00 bits per heavy atom. The summed E-state index contributed by atoms with van der Waals surface area (Å²) in [6.45, 7) is 2.06. The molecule has 0 bridgehead atoms. The van der Waals surface area contributed by atoms with E-state index in [1.807, 2.05) is 0 Å². The van der Waals surface area contributed by atoms with Crippen LogP contribution in [-0.2, 0) is 0 Å². The van der Waals surface area contributed by atoms with Crippen LogP contribution in [0.1, 0.15) is 12.8 Å². The van der Waals surface area contributed by atoms with Gasteiger partial charge in [0.2, 0.25) is 0 Å². The Balaban J connectivity index is 1.99. The maximum absolute atomic E-state index is 5.63. The standard InChI is InChI=1S/C11H19N5/c1-15(2)9-3-5-16(6-4-9)11-8-13-7-10(12)14-11/h7-9H,3-6H2,1-2H3,(H2,12,14). The van der Waals surface area contributed by atoms with Crippen molar-refractivity contribution in [2.24, 2.45) is 0 Å². The van der Waals surface area contributed by atoms with Gasteiger partial charge in [-0.25, -0.2) is 4.98 Å². The number of nitrogen functional groups attached to an aromatic ring is 1. The Morgan fingerprint density at radius 3 is 2.56 bits per heavy atom. The van der Waals surface area contributed by atoms with Crippen molar-refractivity contribution in [2.75, 3.05) is 37.8 Å². The average Bonchev–Trinajstić information content (AvgIpc) is 2.29. The van der Waals surface area contributed by atoms with E-state index in [2.05, 4.69) is 33.9 Å². The summed E-state index contributed by atoms with van der Waals surface area (Å²) in [6.07, 6.45) is 5.70. The fraction of sp³-hybridized carbons (Fsp3) is 0.636. The van der Waals surface area contributed by atoms with Gasteiger partial charge < -0.3 is 15.5 Å². The monoisotopic (exact) mass is 221 g/mol. The third-order valence-electron chi connectivity index (χ3n) is 3.16. The number of hydrogen-bond acceptors (Lipinski definition) is 5. The van der Waals surface area contributed by atoms with E-state index in [-0.39, 0.29) is 0 Å². The molecule has 0 amide bonds. The summed E-state index contributed by atoms with van der Waals surface area (Å²) < 4.78 is 0. The molecule has 2 heterocycles. The normalized spacial score (nSPS) is 18.1. The lowest BCUT2D eigenvalue weighted by molar-refractivity contribution is 0.249. The molecule has 2 rings (SSSR count). The lowest BCUT2D eigenvalue weighted by Gasteiger charge is -2.35. The molecule has 2 N–H and O–H groups in total. The number of aromatic nitrogens is 2. The van der Waals surface area contributed by atoms with Crippen molar-refractivity contribution in [3.8, 4) is 0 Å². The molecule has 1 saturated heterocycles. The van der Waals surface area contributed by atoms with E-state index in [0.29, 0.717) is 11.9 Å². The molecule has 5 nitrogen and oxygen atoms in total. The van der Waals surface area contributed by atoms with Gasteiger partial charge in [-0.15, -0.1) is 0 Å². The maximum atomic E-state index is 5.63. The minimum absolute atomic E-state index is 0.493. The van der Waals surface area contributed by atoms with Gasteiger partial charge in [0, 0.05) is 19.1 Å². The molecule has 1 fully saturated rings. The minimum Gasteiger partial charge on any atom is -0.382 e. The minimum atomic E-state index is 0.493. The van der Waals surface area contributed by atoms with E-state index in [4.69, 9.17) is 5.73 Å².